The van der Waals surface area contributed by atoms with Gasteiger partial charge in [0.2, 0.25) is 3.79 Å². The Morgan fingerprint density at radius 2 is 2.14 bits per heavy atom. The molecule has 1 aromatic carbocycles. The number of benzene rings is 1. The fourth-order valence-corrected chi connectivity index (χ4v) is 0.951. The number of carbonyl (C=O) groups excluding carboxylic acids is 1. The minimum atomic E-state index is -0.984. The molecule has 0 saturated carbocycles. The Morgan fingerprint density at radius 1 is 1.50 bits per heavy atom. The molecule has 0 amide bonds. The van der Waals surface area contributed by atoms with Crippen LogP contribution >= 0.6 is 22.6 Å². The van der Waals surface area contributed by atoms with Crippen LogP contribution in [0.15, 0.2) is 12.1 Å². The summed E-state index contributed by atoms with van der Waals surface area (Å²) >= 11 is 1.50. The van der Waals surface area contributed by atoms with Crippen LogP contribution in [0.4, 0.5) is 14.5 Å². The van der Waals surface area contributed by atoms with Gasteiger partial charge in [0.1, 0.15) is 11.5 Å². The highest BCUT2D eigenvalue weighted by Gasteiger charge is 2.12. The SMILES string of the molecule is Nc1c(F)ccc(OCC(=O)I)c1F. The number of hydrogen-bond donors (Lipinski definition) is 1. The van der Waals surface area contributed by atoms with Gasteiger partial charge in [0.15, 0.2) is 18.2 Å². The molecule has 0 unspecified atom stereocenters. The van der Waals surface area contributed by atoms with Crippen LogP contribution in [0.1, 0.15) is 0 Å². The van der Waals surface area contributed by atoms with Gasteiger partial charge in [0, 0.05) is 22.6 Å². The maximum absolute atomic E-state index is 13.1. The lowest BCUT2D eigenvalue weighted by molar-refractivity contribution is -0.111. The fraction of sp³-hybridized carbons (Fsp3) is 0.125. The smallest absolute Gasteiger partial charge is 0.229 e. The first-order chi connectivity index (χ1) is 6.52. The number of nitrogen functional groups attached to an aromatic ring is 1. The van der Waals surface area contributed by atoms with E-state index in [9.17, 15) is 13.6 Å². The molecule has 1 rings (SSSR count). The van der Waals surface area contributed by atoms with Crippen LogP contribution < -0.4 is 10.5 Å². The highest BCUT2D eigenvalue weighted by Crippen LogP contribution is 2.24. The van der Waals surface area contributed by atoms with E-state index in [2.05, 4.69) is 0 Å². The normalized spacial score (nSPS) is 9.93. The summed E-state index contributed by atoms with van der Waals surface area (Å²) in [5.41, 5.74) is 4.46. The molecule has 14 heavy (non-hydrogen) atoms. The van der Waals surface area contributed by atoms with E-state index < -0.39 is 17.3 Å². The van der Waals surface area contributed by atoms with Crippen LogP contribution in [0.3, 0.4) is 0 Å². The van der Waals surface area contributed by atoms with Crippen LogP contribution in [0.2, 0.25) is 0 Å². The van der Waals surface area contributed by atoms with E-state index >= 15 is 0 Å². The number of nitrogens with two attached hydrogens (primary N) is 1. The Morgan fingerprint density at radius 3 is 2.71 bits per heavy atom. The van der Waals surface area contributed by atoms with E-state index in [1.807, 2.05) is 0 Å². The van der Waals surface area contributed by atoms with Crippen molar-refractivity contribution in [3.8, 4) is 5.75 Å². The van der Waals surface area contributed by atoms with Crippen molar-refractivity contribution in [1.29, 1.82) is 0 Å². The second kappa shape index (κ2) is 4.54. The molecule has 76 valence electrons. The van der Waals surface area contributed by atoms with Gasteiger partial charge in [0.05, 0.1) is 0 Å². The Balaban J connectivity index is 2.88. The van der Waals surface area contributed by atoms with Crippen molar-refractivity contribution >= 4 is 32.1 Å². The third-order valence-corrected chi connectivity index (χ3v) is 1.74. The minimum Gasteiger partial charge on any atom is -0.482 e. The molecule has 0 aliphatic heterocycles. The zero-order valence-corrected chi connectivity index (χ0v) is 9.05. The number of rotatable bonds is 3. The van der Waals surface area contributed by atoms with Crippen molar-refractivity contribution in [2.24, 2.45) is 0 Å². The highest BCUT2D eigenvalue weighted by atomic mass is 127. The molecule has 2 N–H and O–H groups in total. The Labute approximate surface area is 92.4 Å². The summed E-state index contributed by atoms with van der Waals surface area (Å²) in [5, 5.41) is 0. The summed E-state index contributed by atoms with van der Waals surface area (Å²) in [4.78, 5) is 10.5. The maximum atomic E-state index is 13.1. The van der Waals surface area contributed by atoms with E-state index in [-0.39, 0.29) is 16.1 Å². The largest absolute Gasteiger partial charge is 0.482 e. The second-order valence-corrected chi connectivity index (χ2v) is 3.62. The average Bonchev–Trinajstić information content (AvgIpc) is 2.13. The van der Waals surface area contributed by atoms with Crippen molar-refractivity contribution in [3.63, 3.8) is 0 Å². The van der Waals surface area contributed by atoms with Crippen molar-refractivity contribution in [1.82, 2.24) is 0 Å². The number of carbonyl (C=O) groups is 1. The third kappa shape index (κ3) is 2.53. The lowest BCUT2D eigenvalue weighted by Crippen LogP contribution is -2.06. The van der Waals surface area contributed by atoms with Crippen LogP contribution in [0, 0.1) is 11.6 Å². The molecule has 6 heteroatoms. The van der Waals surface area contributed by atoms with Crippen molar-refractivity contribution in [2.45, 2.75) is 0 Å². The predicted octanol–water partition coefficient (Wildman–Crippen LogP) is 1.89. The lowest BCUT2D eigenvalue weighted by Gasteiger charge is -2.06. The maximum Gasteiger partial charge on any atom is 0.229 e. The Bertz CT molecular complexity index is 371. The zero-order valence-electron chi connectivity index (χ0n) is 6.89. The van der Waals surface area contributed by atoms with E-state index in [0.29, 0.717) is 0 Å². The second-order valence-electron chi connectivity index (χ2n) is 2.42. The molecular formula is C8H6F2INO2. The molecule has 0 radical (unpaired) electrons. The summed E-state index contributed by atoms with van der Waals surface area (Å²) in [5.74, 6) is -2.06. The standard InChI is InChI=1S/C8H6F2INO2/c9-4-1-2-5(7(10)8(4)12)14-3-6(11)13/h1-2H,3,12H2. The van der Waals surface area contributed by atoms with Gasteiger partial charge in [-0.1, -0.05) is 0 Å². The van der Waals surface area contributed by atoms with Gasteiger partial charge in [-0.25, -0.2) is 8.78 Å². The molecule has 0 aliphatic rings. The van der Waals surface area contributed by atoms with Gasteiger partial charge in [0.25, 0.3) is 0 Å². The van der Waals surface area contributed by atoms with Crippen LogP contribution in [-0.2, 0) is 4.79 Å². The monoisotopic (exact) mass is 313 g/mol. The van der Waals surface area contributed by atoms with Crippen LogP contribution in [-0.4, -0.2) is 10.4 Å². The number of halogens is 3. The van der Waals surface area contributed by atoms with E-state index in [0.717, 1.165) is 12.1 Å². The highest BCUT2D eigenvalue weighted by molar-refractivity contribution is 14.1. The molecule has 0 atom stereocenters. The van der Waals surface area contributed by atoms with E-state index in [1.165, 1.54) is 22.6 Å². The van der Waals surface area contributed by atoms with Gasteiger partial charge in [-0.15, -0.1) is 0 Å². The van der Waals surface area contributed by atoms with Gasteiger partial charge in [-0.05, 0) is 12.1 Å². The summed E-state index contributed by atoms with van der Waals surface area (Å²) in [6, 6.07) is 2.06. The van der Waals surface area contributed by atoms with Crippen molar-refractivity contribution in [2.75, 3.05) is 12.3 Å². The Kier molecular flexibility index (Phi) is 3.62. The summed E-state index contributed by atoms with van der Waals surface area (Å²) in [6.07, 6.45) is 0. The molecule has 0 spiro atoms. The third-order valence-electron chi connectivity index (χ3n) is 1.43. The first-order valence-corrected chi connectivity index (χ1v) is 4.65. The topological polar surface area (TPSA) is 52.3 Å². The molecule has 3 nitrogen and oxygen atoms in total. The summed E-state index contributed by atoms with van der Waals surface area (Å²) < 4.78 is 30.2. The Hall–Kier alpha value is -0.920. The van der Waals surface area contributed by atoms with E-state index in [1.54, 1.807) is 0 Å². The summed E-state index contributed by atoms with van der Waals surface area (Å²) in [7, 11) is 0. The molecule has 0 fully saturated rings. The van der Waals surface area contributed by atoms with Gasteiger partial charge in [-0.2, -0.15) is 0 Å². The molecule has 0 aliphatic carbocycles. The van der Waals surface area contributed by atoms with Crippen molar-refractivity contribution < 1.29 is 18.3 Å². The molecule has 1 aromatic rings. The molecular weight excluding hydrogens is 307 g/mol. The first-order valence-electron chi connectivity index (χ1n) is 3.57. The number of hydrogen-bond acceptors (Lipinski definition) is 3. The molecule has 0 heterocycles. The average molecular weight is 313 g/mol. The summed E-state index contributed by atoms with van der Waals surface area (Å²) in [6.45, 7) is -0.275. The zero-order chi connectivity index (χ0) is 10.7. The predicted molar refractivity (Wildman–Crippen MR) is 55.3 cm³/mol. The quantitative estimate of drug-likeness (QED) is 0.527. The molecule has 0 aromatic heterocycles. The van der Waals surface area contributed by atoms with Crippen LogP contribution in [0.5, 0.6) is 5.75 Å². The van der Waals surface area contributed by atoms with Crippen LogP contribution in [0.25, 0.3) is 0 Å². The van der Waals surface area contributed by atoms with Gasteiger partial charge < -0.3 is 10.5 Å². The molecule has 0 saturated heterocycles. The number of anilines is 1. The van der Waals surface area contributed by atoms with Gasteiger partial charge in [-0.3, -0.25) is 4.79 Å². The first kappa shape index (κ1) is 11.2. The number of ether oxygens (including phenoxy) is 1. The lowest BCUT2D eigenvalue weighted by atomic mass is 10.3. The minimum absolute atomic E-state index is 0.228. The fourth-order valence-electron chi connectivity index (χ4n) is 0.795. The molecule has 0 bridgehead atoms. The van der Waals surface area contributed by atoms with Crippen molar-refractivity contribution in [3.05, 3.63) is 23.8 Å². The van der Waals surface area contributed by atoms with E-state index in [4.69, 9.17) is 10.5 Å². The van der Waals surface area contributed by atoms with Gasteiger partial charge >= 0.3 is 0 Å².